The molecule has 0 bridgehead atoms. The van der Waals surface area contributed by atoms with Crippen molar-refractivity contribution < 1.29 is 9.59 Å². The Bertz CT molecular complexity index is 879. The molecule has 0 aliphatic carbocycles. The molecule has 2 aromatic carbocycles. The molecule has 0 radical (unpaired) electrons. The molecule has 2 heterocycles. The largest absolute Gasteiger partial charge is 0.336 e. The summed E-state index contributed by atoms with van der Waals surface area (Å²) in [6, 6.07) is 20.9. The van der Waals surface area contributed by atoms with E-state index in [4.69, 9.17) is 0 Å². The summed E-state index contributed by atoms with van der Waals surface area (Å²) in [4.78, 5) is 27.6. The van der Waals surface area contributed by atoms with E-state index in [1.165, 1.54) is 11.1 Å². The third-order valence-electron chi connectivity index (χ3n) is 6.40. The van der Waals surface area contributed by atoms with Gasteiger partial charge in [0.05, 0.1) is 12.1 Å². The molecule has 4 rings (SSSR count). The third kappa shape index (κ3) is 5.75. The molecule has 1 unspecified atom stereocenters. The highest BCUT2D eigenvalue weighted by molar-refractivity contribution is 5.80. The molecule has 2 fully saturated rings. The fourth-order valence-corrected chi connectivity index (χ4v) is 4.58. The Hall–Kier alpha value is -2.62. The van der Waals surface area contributed by atoms with Crippen molar-refractivity contribution in [3.63, 3.8) is 0 Å². The maximum atomic E-state index is 11.9. The Morgan fingerprint density at radius 2 is 1.29 bits per heavy atom. The molecule has 2 aliphatic heterocycles. The van der Waals surface area contributed by atoms with Crippen molar-refractivity contribution in [2.24, 2.45) is 11.3 Å². The lowest BCUT2D eigenvalue weighted by atomic mass is 9.93. The minimum atomic E-state index is 0.125. The van der Waals surface area contributed by atoms with E-state index in [1.54, 1.807) is 0 Å². The molecule has 0 N–H and O–H groups in total. The van der Waals surface area contributed by atoms with Crippen LogP contribution in [0.2, 0.25) is 0 Å². The molecule has 0 spiro atoms. The Balaban J connectivity index is 0.000000176. The molecule has 2 aromatic rings. The molecule has 3 atom stereocenters. The number of rotatable bonds is 4. The van der Waals surface area contributed by atoms with Crippen LogP contribution in [0.25, 0.3) is 0 Å². The van der Waals surface area contributed by atoms with Gasteiger partial charge in [0.2, 0.25) is 11.8 Å². The summed E-state index contributed by atoms with van der Waals surface area (Å²) in [6.07, 6.45) is 1.38. The normalized spacial score (nSPS) is 22.2. The van der Waals surface area contributed by atoms with Crippen LogP contribution in [0.4, 0.5) is 0 Å². The molecule has 0 saturated carbocycles. The van der Waals surface area contributed by atoms with Crippen LogP contribution in [0.15, 0.2) is 60.7 Å². The van der Waals surface area contributed by atoms with Crippen molar-refractivity contribution in [1.82, 2.24) is 9.80 Å². The first-order valence-corrected chi connectivity index (χ1v) is 11.4. The van der Waals surface area contributed by atoms with Gasteiger partial charge in [0.25, 0.3) is 0 Å². The van der Waals surface area contributed by atoms with Crippen molar-refractivity contribution in [3.8, 4) is 0 Å². The minimum absolute atomic E-state index is 0.125. The molecular formula is C27H36N2O2. The van der Waals surface area contributed by atoms with E-state index in [1.807, 2.05) is 46.2 Å². The molecular weight excluding hydrogens is 384 g/mol. The van der Waals surface area contributed by atoms with Crippen LogP contribution < -0.4 is 0 Å². The quantitative estimate of drug-likeness (QED) is 0.644. The summed E-state index contributed by atoms with van der Waals surface area (Å²) in [7, 11) is 0. The van der Waals surface area contributed by atoms with E-state index >= 15 is 0 Å². The van der Waals surface area contributed by atoms with Crippen LogP contribution >= 0.6 is 0 Å². The van der Waals surface area contributed by atoms with Crippen molar-refractivity contribution in [1.29, 1.82) is 0 Å². The number of carbonyl (C=O) groups is 2. The molecule has 2 saturated heterocycles. The molecule has 2 amide bonds. The topological polar surface area (TPSA) is 40.6 Å². The smallest absolute Gasteiger partial charge is 0.223 e. The lowest BCUT2D eigenvalue weighted by molar-refractivity contribution is -0.130. The Kier molecular flexibility index (Phi) is 7.19. The van der Waals surface area contributed by atoms with E-state index in [0.717, 1.165) is 13.1 Å². The van der Waals surface area contributed by atoms with Crippen molar-refractivity contribution in [2.45, 2.75) is 59.5 Å². The fourth-order valence-electron chi connectivity index (χ4n) is 4.58. The predicted molar refractivity (Wildman–Crippen MR) is 125 cm³/mol. The average molecular weight is 421 g/mol. The Labute approximate surface area is 187 Å². The van der Waals surface area contributed by atoms with E-state index in [0.29, 0.717) is 24.7 Å². The molecule has 4 nitrogen and oxygen atoms in total. The van der Waals surface area contributed by atoms with Gasteiger partial charge in [-0.2, -0.15) is 0 Å². The van der Waals surface area contributed by atoms with Gasteiger partial charge in [-0.3, -0.25) is 9.59 Å². The van der Waals surface area contributed by atoms with E-state index in [2.05, 4.69) is 58.9 Å². The predicted octanol–water partition coefficient (Wildman–Crippen LogP) is 5.62. The zero-order chi connectivity index (χ0) is 22.6. The maximum Gasteiger partial charge on any atom is 0.223 e. The van der Waals surface area contributed by atoms with Crippen LogP contribution in [0.1, 0.15) is 70.7 Å². The number of nitrogens with zero attached hydrogens (tertiary/aromatic N) is 2. The standard InChI is InChI=1S/C14H19NO.C13H17NO/c1-11(12-7-5-4-6-8-12)15-10-14(2,3)9-13(15)16;1-10-8-13(15)14(9-10)11(2)12-6-4-3-5-7-12/h4-8,11H,9-10H2,1-3H3;3-7,10-11H,8-9H2,1-2H3/t11-;10?,11-/m11/s1. The zero-order valence-corrected chi connectivity index (χ0v) is 19.5. The number of hydrogen-bond acceptors (Lipinski definition) is 2. The SMILES string of the molecule is CC1CC(=O)N([C@H](C)c2ccccc2)C1.C[C@H](c1ccccc1)N1CC(C)(C)CC1=O. The first-order valence-electron chi connectivity index (χ1n) is 11.4. The highest BCUT2D eigenvalue weighted by atomic mass is 16.2. The number of hydrogen-bond donors (Lipinski definition) is 0. The van der Waals surface area contributed by atoms with Gasteiger partial charge in [0, 0.05) is 25.9 Å². The monoisotopic (exact) mass is 420 g/mol. The molecule has 31 heavy (non-hydrogen) atoms. The summed E-state index contributed by atoms with van der Waals surface area (Å²) in [5.41, 5.74) is 2.56. The highest BCUT2D eigenvalue weighted by Crippen LogP contribution is 2.35. The molecule has 0 aromatic heterocycles. The number of carbonyl (C=O) groups excluding carboxylic acids is 2. The molecule has 2 aliphatic rings. The molecule has 166 valence electrons. The lowest BCUT2D eigenvalue weighted by Gasteiger charge is -2.26. The minimum Gasteiger partial charge on any atom is -0.336 e. The van der Waals surface area contributed by atoms with Gasteiger partial charge >= 0.3 is 0 Å². The van der Waals surface area contributed by atoms with Crippen LogP contribution in [0, 0.1) is 11.3 Å². The summed E-state index contributed by atoms with van der Waals surface area (Å²) >= 11 is 0. The Morgan fingerprint density at radius 3 is 1.68 bits per heavy atom. The lowest BCUT2D eigenvalue weighted by Crippen LogP contribution is -2.29. The van der Waals surface area contributed by atoms with Gasteiger partial charge in [0.1, 0.15) is 0 Å². The second-order valence-corrected chi connectivity index (χ2v) is 9.89. The summed E-state index contributed by atoms with van der Waals surface area (Å²) < 4.78 is 0. The van der Waals surface area contributed by atoms with Crippen LogP contribution in [-0.2, 0) is 9.59 Å². The Morgan fingerprint density at radius 1 is 0.806 bits per heavy atom. The van der Waals surface area contributed by atoms with Crippen LogP contribution in [0.3, 0.4) is 0 Å². The van der Waals surface area contributed by atoms with Gasteiger partial charge in [-0.15, -0.1) is 0 Å². The summed E-state index contributed by atoms with van der Waals surface area (Å²) in [6.45, 7) is 12.4. The number of amides is 2. The van der Waals surface area contributed by atoms with Crippen molar-refractivity contribution in [3.05, 3.63) is 71.8 Å². The second-order valence-electron chi connectivity index (χ2n) is 9.89. The number of benzene rings is 2. The average Bonchev–Trinajstić information content (AvgIpc) is 3.24. The first kappa shape index (κ1) is 23.1. The van der Waals surface area contributed by atoms with Gasteiger partial charge in [-0.1, -0.05) is 81.4 Å². The van der Waals surface area contributed by atoms with E-state index in [9.17, 15) is 9.59 Å². The van der Waals surface area contributed by atoms with Gasteiger partial charge in [-0.25, -0.2) is 0 Å². The van der Waals surface area contributed by atoms with Gasteiger partial charge in [-0.05, 0) is 36.3 Å². The van der Waals surface area contributed by atoms with E-state index in [-0.39, 0.29) is 23.4 Å². The summed E-state index contributed by atoms with van der Waals surface area (Å²) in [5.74, 6) is 1.07. The van der Waals surface area contributed by atoms with Gasteiger partial charge in [0.15, 0.2) is 0 Å². The van der Waals surface area contributed by atoms with Gasteiger partial charge < -0.3 is 9.80 Å². The third-order valence-corrected chi connectivity index (χ3v) is 6.40. The highest BCUT2D eigenvalue weighted by Gasteiger charge is 2.38. The molecule has 4 heteroatoms. The van der Waals surface area contributed by atoms with Crippen LogP contribution in [0.5, 0.6) is 0 Å². The van der Waals surface area contributed by atoms with Crippen molar-refractivity contribution >= 4 is 11.8 Å². The maximum absolute atomic E-state index is 11.9. The second kappa shape index (κ2) is 9.67. The van der Waals surface area contributed by atoms with Crippen molar-refractivity contribution in [2.75, 3.05) is 13.1 Å². The van der Waals surface area contributed by atoms with Crippen LogP contribution in [-0.4, -0.2) is 34.7 Å². The zero-order valence-electron chi connectivity index (χ0n) is 19.5. The first-order chi connectivity index (χ1) is 14.7. The summed E-state index contributed by atoms with van der Waals surface area (Å²) in [5, 5.41) is 0. The van der Waals surface area contributed by atoms with E-state index < -0.39 is 0 Å². The number of likely N-dealkylation sites (tertiary alicyclic amines) is 2. The fraction of sp³-hybridized carbons (Fsp3) is 0.481.